The molecule has 0 aromatic heterocycles. The lowest BCUT2D eigenvalue weighted by molar-refractivity contribution is -0.141. The molecule has 2 heterocycles. The first-order valence-electron chi connectivity index (χ1n) is 5.04. The maximum atomic E-state index is 11.4. The standard InChI is InChI=1S/C9H14O4S2/c10-8(11)9(3-1-4-14-9)7-2-5-15(12,13)6-7/h7H,1-6H2,(H,10,11). The summed E-state index contributed by atoms with van der Waals surface area (Å²) in [6.45, 7) is 0. The Hall–Kier alpha value is -0.230. The van der Waals surface area contributed by atoms with E-state index in [0.29, 0.717) is 12.8 Å². The number of hydrogen-bond acceptors (Lipinski definition) is 4. The second-order valence-electron chi connectivity index (χ2n) is 4.25. The fourth-order valence-corrected chi connectivity index (χ4v) is 5.97. The highest BCUT2D eigenvalue weighted by Crippen LogP contribution is 2.47. The van der Waals surface area contributed by atoms with Crippen LogP contribution in [0.3, 0.4) is 0 Å². The molecule has 2 saturated heterocycles. The second kappa shape index (κ2) is 3.66. The molecule has 0 amide bonds. The highest BCUT2D eigenvalue weighted by atomic mass is 32.2. The van der Waals surface area contributed by atoms with Gasteiger partial charge in [-0.05, 0) is 30.9 Å². The van der Waals surface area contributed by atoms with Crippen molar-refractivity contribution in [3.05, 3.63) is 0 Å². The molecule has 6 heteroatoms. The van der Waals surface area contributed by atoms with Gasteiger partial charge in [0.25, 0.3) is 0 Å². The van der Waals surface area contributed by atoms with Crippen molar-refractivity contribution in [3.63, 3.8) is 0 Å². The first kappa shape index (κ1) is 11.3. The van der Waals surface area contributed by atoms with Crippen LogP contribution < -0.4 is 0 Å². The maximum Gasteiger partial charge on any atom is 0.320 e. The SMILES string of the molecule is O=C(O)C1(C2CCS(=O)(=O)C2)CCCS1. The van der Waals surface area contributed by atoms with Crippen LogP contribution in [0, 0.1) is 5.92 Å². The largest absolute Gasteiger partial charge is 0.480 e. The molecule has 0 radical (unpaired) electrons. The highest BCUT2D eigenvalue weighted by Gasteiger charge is 2.52. The number of carbonyl (C=O) groups is 1. The molecule has 0 spiro atoms. The lowest BCUT2D eigenvalue weighted by atomic mass is 9.87. The third-order valence-electron chi connectivity index (χ3n) is 3.31. The van der Waals surface area contributed by atoms with Gasteiger partial charge in [0, 0.05) is 0 Å². The minimum absolute atomic E-state index is 0.0618. The zero-order valence-electron chi connectivity index (χ0n) is 8.31. The van der Waals surface area contributed by atoms with E-state index < -0.39 is 20.6 Å². The molecular formula is C9H14O4S2. The highest BCUT2D eigenvalue weighted by molar-refractivity contribution is 8.01. The summed E-state index contributed by atoms with van der Waals surface area (Å²) in [7, 11) is -2.98. The number of hydrogen-bond donors (Lipinski definition) is 1. The smallest absolute Gasteiger partial charge is 0.320 e. The average molecular weight is 250 g/mol. The van der Waals surface area contributed by atoms with Gasteiger partial charge in [0.05, 0.1) is 11.5 Å². The molecule has 2 unspecified atom stereocenters. The molecule has 0 aliphatic carbocycles. The molecule has 2 aliphatic rings. The number of carboxylic acid groups (broad SMARTS) is 1. The molecule has 2 aliphatic heterocycles. The van der Waals surface area contributed by atoms with Gasteiger partial charge in [-0.2, -0.15) is 0 Å². The van der Waals surface area contributed by atoms with Crippen LogP contribution in [0.15, 0.2) is 0 Å². The lowest BCUT2D eigenvalue weighted by Crippen LogP contribution is -2.41. The van der Waals surface area contributed by atoms with Gasteiger partial charge >= 0.3 is 5.97 Å². The Morgan fingerprint density at radius 3 is 2.60 bits per heavy atom. The van der Waals surface area contributed by atoms with Gasteiger partial charge in [-0.25, -0.2) is 8.42 Å². The van der Waals surface area contributed by atoms with E-state index >= 15 is 0 Å². The molecule has 86 valence electrons. The summed E-state index contributed by atoms with van der Waals surface area (Å²) < 4.78 is 21.9. The molecule has 4 nitrogen and oxygen atoms in total. The number of thioether (sulfide) groups is 1. The molecule has 2 atom stereocenters. The zero-order chi connectivity index (χ0) is 11.1. The number of aliphatic carboxylic acids is 1. The van der Waals surface area contributed by atoms with E-state index in [2.05, 4.69) is 0 Å². The Bertz CT molecular complexity index is 368. The lowest BCUT2D eigenvalue weighted by Gasteiger charge is -2.28. The Balaban J connectivity index is 2.24. The normalized spacial score (nSPS) is 39.3. The van der Waals surface area contributed by atoms with E-state index in [0.717, 1.165) is 12.2 Å². The first-order valence-corrected chi connectivity index (χ1v) is 7.85. The van der Waals surface area contributed by atoms with Crippen LogP contribution in [0.25, 0.3) is 0 Å². The second-order valence-corrected chi connectivity index (χ2v) is 7.90. The maximum absolute atomic E-state index is 11.4. The van der Waals surface area contributed by atoms with Crippen LogP contribution in [0.4, 0.5) is 0 Å². The quantitative estimate of drug-likeness (QED) is 0.784. The van der Waals surface area contributed by atoms with E-state index in [1.165, 1.54) is 11.8 Å². The van der Waals surface area contributed by atoms with Crippen molar-refractivity contribution < 1.29 is 18.3 Å². The van der Waals surface area contributed by atoms with Gasteiger partial charge in [-0.1, -0.05) is 0 Å². The number of rotatable bonds is 2. The number of sulfone groups is 1. The summed E-state index contributed by atoms with van der Waals surface area (Å²) >= 11 is 1.43. The fraction of sp³-hybridized carbons (Fsp3) is 0.889. The third-order valence-corrected chi connectivity index (χ3v) is 6.79. The minimum Gasteiger partial charge on any atom is -0.480 e. The van der Waals surface area contributed by atoms with Crippen LogP contribution in [-0.4, -0.2) is 41.5 Å². The summed E-state index contributed by atoms with van der Waals surface area (Å²) in [5.74, 6) is 0.0437. The van der Waals surface area contributed by atoms with E-state index in [1.807, 2.05) is 0 Å². The summed E-state index contributed by atoms with van der Waals surface area (Å²) in [4.78, 5) is 11.3. The fourth-order valence-electron chi connectivity index (χ4n) is 2.49. The monoisotopic (exact) mass is 250 g/mol. The minimum atomic E-state index is -2.98. The predicted molar refractivity (Wildman–Crippen MR) is 58.8 cm³/mol. The molecule has 2 rings (SSSR count). The van der Waals surface area contributed by atoms with Crippen molar-refractivity contribution in [2.75, 3.05) is 17.3 Å². The van der Waals surface area contributed by atoms with Crippen LogP contribution in [0.1, 0.15) is 19.3 Å². The molecule has 0 aromatic rings. The number of carboxylic acids is 1. The third kappa shape index (κ3) is 1.89. The van der Waals surface area contributed by atoms with Crippen molar-refractivity contribution in [1.82, 2.24) is 0 Å². The predicted octanol–water partition coefficient (Wildman–Crippen LogP) is 0.771. The molecule has 15 heavy (non-hydrogen) atoms. The van der Waals surface area contributed by atoms with Crippen LogP contribution in [0.2, 0.25) is 0 Å². The Morgan fingerprint density at radius 2 is 2.20 bits per heavy atom. The van der Waals surface area contributed by atoms with Gasteiger partial charge in [0.1, 0.15) is 4.75 Å². The Morgan fingerprint density at radius 1 is 1.47 bits per heavy atom. The summed E-state index contributed by atoms with van der Waals surface area (Å²) in [5, 5.41) is 9.28. The Labute approximate surface area is 93.4 Å². The van der Waals surface area contributed by atoms with Gasteiger partial charge in [-0.3, -0.25) is 4.79 Å². The van der Waals surface area contributed by atoms with Crippen molar-refractivity contribution in [2.24, 2.45) is 5.92 Å². The topological polar surface area (TPSA) is 71.4 Å². The van der Waals surface area contributed by atoms with Crippen molar-refractivity contribution in [1.29, 1.82) is 0 Å². The summed E-state index contributed by atoms with van der Waals surface area (Å²) in [6, 6.07) is 0. The molecular weight excluding hydrogens is 236 g/mol. The van der Waals surface area contributed by atoms with E-state index in [-0.39, 0.29) is 17.4 Å². The van der Waals surface area contributed by atoms with Crippen molar-refractivity contribution in [2.45, 2.75) is 24.0 Å². The Kier molecular flexibility index (Phi) is 2.75. The van der Waals surface area contributed by atoms with Crippen molar-refractivity contribution in [3.8, 4) is 0 Å². The summed E-state index contributed by atoms with van der Waals surface area (Å²) in [6.07, 6.45) is 2.02. The first-order chi connectivity index (χ1) is 6.96. The van der Waals surface area contributed by atoms with Crippen molar-refractivity contribution >= 4 is 27.6 Å². The van der Waals surface area contributed by atoms with Gasteiger partial charge in [-0.15, -0.1) is 11.8 Å². The molecule has 0 aromatic carbocycles. The van der Waals surface area contributed by atoms with Gasteiger partial charge < -0.3 is 5.11 Å². The van der Waals surface area contributed by atoms with Gasteiger partial charge in [0.15, 0.2) is 9.84 Å². The molecule has 2 fully saturated rings. The van der Waals surface area contributed by atoms with E-state index in [9.17, 15) is 18.3 Å². The van der Waals surface area contributed by atoms with Crippen LogP contribution >= 0.6 is 11.8 Å². The van der Waals surface area contributed by atoms with Crippen LogP contribution in [0.5, 0.6) is 0 Å². The molecule has 0 bridgehead atoms. The van der Waals surface area contributed by atoms with E-state index in [4.69, 9.17) is 0 Å². The zero-order valence-corrected chi connectivity index (χ0v) is 9.94. The molecule has 1 N–H and O–H groups in total. The van der Waals surface area contributed by atoms with Crippen LogP contribution in [-0.2, 0) is 14.6 Å². The molecule has 0 saturated carbocycles. The summed E-state index contributed by atoms with van der Waals surface area (Å²) in [5.41, 5.74) is 0. The average Bonchev–Trinajstić information content (AvgIpc) is 2.71. The van der Waals surface area contributed by atoms with E-state index in [1.54, 1.807) is 0 Å². The van der Waals surface area contributed by atoms with Gasteiger partial charge in [0.2, 0.25) is 0 Å².